The molecule has 0 aromatic carbocycles. The molecule has 0 aliphatic carbocycles. The summed E-state index contributed by atoms with van der Waals surface area (Å²) in [7, 11) is 5.51. The number of aliphatic hydroxyl groups is 2. The van der Waals surface area contributed by atoms with E-state index >= 15 is 0 Å². The molecule has 0 saturated heterocycles. The van der Waals surface area contributed by atoms with Crippen molar-refractivity contribution in [3.63, 3.8) is 0 Å². The molecular weight excluding hydrogens is 170 g/mol. The molecule has 0 rings (SSSR count). The first-order valence-electron chi connectivity index (χ1n) is 3.20. The van der Waals surface area contributed by atoms with Crippen LogP contribution < -0.4 is 12.4 Å². The average Bonchev–Trinajstić information content (AvgIpc) is 1.81. The Morgan fingerprint density at radius 1 is 1.36 bits per heavy atom. The third-order valence-corrected chi connectivity index (χ3v) is 0.865. The summed E-state index contributed by atoms with van der Waals surface area (Å²) >= 11 is 0. The lowest BCUT2D eigenvalue weighted by Crippen LogP contribution is -3.00. The Labute approximate surface area is 73.3 Å². The van der Waals surface area contributed by atoms with Crippen molar-refractivity contribution < 1.29 is 32.1 Å². The lowest BCUT2D eigenvalue weighted by Gasteiger charge is -2.22. The highest BCUT2D eigenvalue weighted by atomic mass is 35.5. The van der Waals surface area contributed by atoms with Gasteiger partial charge in [0.25, 0.3) is 0 Å². The van der Waals surface area contributed by atoms with Crippen LogP contribution in [0.4, 0.5) is 0 Å². The van der Waals surface area contributed by atoms with Crippen molar-refractivity contribution in [3.05, 3.63) is 0 Å². The summed E-state index contributed by atoms with van der Waals surface area (Å²) in [6.07, 6.45) is -0.766. The molecule has 2 N–H and O–H groups in total. The van der Waals surface area contributed by atoms with Gasteiger partial charge in [0.15, 0.2) is 0 Å². The number of hydroxylamine groups is 3. The van der Waals surface area contributed by atoms with E-state index in [0.717, 1.165) is 0 Å². The maximum atomic E-state index is 8.84. The predicted octanol–water partition coefficient (Wildman–Crippen LogP) is -4.02. The maximum Gasteiger partial charge on any atom is 0.134 e. The van der Waals surface area contributed by atoms with Crippen LogP contribution in [0, 0.1) is 0 Å². The highest BCUT2D eigenvalue weighted by Crippen LogP contribution is 1.93. The summed E-state index contributed by atoms with van der Waals surface area (Å²) in [5, 5.41) is 17.2. The largest absolute Gasteiger partial charge is 1.00 e. The molecule has 0 amide bonds. The average molecular weight is 186 g/mol. The van der Waals surface area contributed by atoms with Gasteiger partial charge in [0.1, 0.15) is 12.7 Å². The second-order valence-electron chi connectivity index (χ2n) is 3.02. The zero-order valence-electron chi connectivity index (χ0n) is 7.12. The number of aliphatic hydroxyl groups excluding tert-OH is 2. The SMILES string of the molecule is C[N+](C)(C)OCC(O)CO.[Cl-]. The summed E-state index contributed by atoms with van der Waals surface area (Å²) in [5.74, 6) is 0. The van der Waals surface area contributed by atoms with Crippen molar-refractivity contribution in [2.24, 2.45) is 0 Å². The van der Waals surface area contributed by atoms with Gasteiger partial charge in [0.05, 0.1) is 27.7 Å². The summed E-state index contributed by atoms with van der Waals surface area (Å²) in [6, 6.07) is 0. The van der Waals surface area contributed by atoms with Crippen LogP contribution in [0.3, 0.4) is 0 Å². The molecule has 11 heavy (non-hydrogen) atoms. The van der Waals surface area contributed by atoms with E-state index in [0.29, 0.717) is 4.65 Å². The second-order valence-corrected chi connectivity index (χ2v) is 3.02. The first-order valence-corrected chi connectivity index (χ1v) is 3.20. The molecule has 0 spiro atoms. The van der Waals surface area contributed by atoms with E-state index in [1.54, 1.807) is 0 Å². The van der Waals surface area contributed by atoms with Gasteiger partial charge < -0.3 is 22.6 Å². The van der Waals surface area contributed by atoms with Gasteiger partial charge in [-0.05, 0) is 0 Å². The Bertz CT molecular complexity index is 94.3. The lowest BCUT2D eigenvalue weighted by molar-refractivity contribution is -1.06. The number of hydrogen-bond donors (Lipinski definition) is 2. The van der Waals surface area contributed by atoms with Gasteiger partial charge in [0.2, 0.25) is 0 Å². The fourth-order valence-electron chi connectivity index (χ4n) is 0.362. The van der Waals surface area contributed by atoms with Crippen LogP contribution in [0.5, 0.6) is 0 Å². The van der Waals surface area contributed by atoms with Gasteiger partial charge in [-0.3, -0.25) is 0 Å². The van der Waals surface area contributed by atoms with E-state index in [1.165, 1.54) is 0 Å². The van der Waals surface area contributed by atoms with Gasteiger partial charge in [-0.15, -0.1) is 0 Å². The fraction of sp³-hybridized carbons (Fsp3) is 1.00. The quantitative estimate of drug-likeness (QED) is 0.347. The minimum atomic E-state index is -0.766. The predicted molar refractivity (Wildman–Crippen MR) is 37.1 cm³/mol. The first kappa shape index (κ1) is 13.7. The zero-order valence-corrected chi connectivity index (χ0v) is 7.88. The van der Waals surface area contributed by atoms with E-state index < -0.39 is 6.10 Å². The molecule has 0 saturated carbocycles. The normalized spacial score (nSPS) is 13.9. The minimum absolute atomic E-state index is 0. The number of halogens is 1. The molecule has 4 nitrogen and oxygen atoms in total. The van der Waals surface area contributed by atoms with Crippen LogP contribution in [0.2, 0.25) is 0 Å². The molecule has 5 heteroatoms. The molecule has 0 heterocycles. The molecule has 0 bridgehead atoms. The summed E-state index contributed by atoms with van der Waals surface area (Å²) in [4.78, 5) is 5.11. The first-order chi connectivity index (χ1) is 4.45. The van der Waals surface area contributed by atoms with Crippen molar-refractivity contribution in [2.75, 3.05) is 34.4 Å². The van der Waals surface area contributed by atoms with Crippen molar-refractivity contribution in [1.82, 2.24) is 0 Å². The van der Waals surface area contributed by atoms with Crippen LogP contribution in [0.1, 0.15) is 0 Å². The molecule has 70 valence electrons. The van der Waals surface area contributed by atoms with Crippen molar-refractivity contribution in [1.29, 1.82) is 0 Å². The molecule has 1 atom stereocenters. The summed E-state index contributed by atoms with van der Waals surface area (Å²) < 4.78 is 0.330. The van der Waals surface area contributed by atoms with Crippen LogP contribution in [-0.2, 0) is 4.84 Å². The van der Waals surface area contributed by atoms with Crippen LogP contribution >= 0.6 is 0 Å². The smallest absolute Gasteiger partial charge is 0.134 e. The summed E-state index contributed by atoms with van der Waals surface area (Å²) in [6.45, 7) is -0.0833. The number of nitrogens with zero attached hydrogens (tertiary/aromatic N) is 1. The fourth-order valence-corrected chi connectivity index (χ4v) is 0.362. The molecule has 0 aliphatic rings. The maximum absolute atomic E-state index is 8.84. The van der Waals surface area contributed by atoms with Crippen LogP contribution in [0.25, 0.3) is 0 Å². The Hall–Kier alpha value is 0.130. The van der Waals surface area contributed by atoms with E-state index in [9.17, 15) is 0 Å². The Balaban J connectivity index is 0. The molecule has 1 unspecified atom stereocenters. The monoisotopic (exact) mass is 185 g/mol. The lowest BCUT2D eigenvalue weighted by atomic mass is 10.4. The van der Waals surface area contributed by atoms with E-state index in [2.05, 4.69) is 0 Å². The Morgan fingerprint density at radius 3 is 2.09 bits per heavy atom. The highest BCUT2D eigenvalue weighted by molar-refractivity contribution is 4.45. The third-order valence-electron chi connectivity index (χ3n) is 0.865. The van der Waals surface area contributed by atoms with Crippen LogP contribution in [0.15, 0.2) is 0 Å². The van der Waals surface area contributed by atoms with E-state index in [1.807, 2.05) is 21.1 Å². The highest BCUT2D eigenvalue weighted by Gasteiger charge is 2.11. The van der Waals surface area contributed by atoms with Gasteiger partial charge in [-0.2, -0.15) is 4.65 Å². The van der Waals surface area contributed by atoms with Gasteiger partial charge in [0, 0.05) is 0 Å². The van der Waals surface area contributed by atoms with E-state index in [4.69, 9.17) is 15.1 Å². The van der Waals surface area contributed by atoms with Gasteiger partial charge in [-0.25, -0.2) is 4.84 Å². The Kier molecular flexibility index (Phi) is 7.15. The summed E-state index contributed by atoms with van der Waals surface area (Å²) in [5.41, 5.74) is 0. The second kappa shape index (κ2) is 5.74. The molecule has 0 aromatic rings. The van der Waals surface area contributed by atoms with E-state index in [-0.39, 0.29) is 25.6 Å². The van der Waals surface area contributed by atoms with Crippen LogP contribution in [-0.4, -0.2) is 55.3 Å². The zero-order chi connectivity index (χ0) is 8.20. The van der Waals surface area contributed by atoms with Gasteiger partial charge in [-0.1, -0.05) is 0 Å². The number of rotatable bonds is 4. The molecule has 0 aliphatic heterocycles. The van der Waals surface area contributed by atoms with Crippen molar-refractivity contribution in [2.45, 2.75) is 6.10 Å². The Morgan fingerprint density at radius 2 is 1.82 bits per heavy atom. The number of hydrogen-bond acceptors (Lipinski definition) is 3. The van der Waals surface area contributed by atoms with Gasteiger partial charge >= 0.3 is 0 Å². The molecule has 0 fully saturated rings. The topological polar surface area (TPSA) is 49.7 Å². The minimum Gasteiger partial charge on any atom is -1.00 e. The number of quaternary nitrogens is 1. The molecule has 0 radical (unpaired) electrons. The molecule has 0 aromatic heterocycles. The standard InChI is InChI=1S/C6H16NO3.ClH/c1-7(2,3)10-5-6(9)4-8;/h6,8-9H,4-5H2,1-3H3;1H/q+1;/p-1. The molecular formula is C6H16ClNO3. The van der Waals surface area contributed by atoms with Crippen molar-refractivity contribution >= 4 is 0 Å². The third kappa shape index (κ3) is 10.1. The van der Waals surface area contributed by atoms with Crippen molar-refractivity contribution in [3.8, 4) is 0 Å².